The molecule has 0 saturated heterocycles. The summed E-state index contributed by atoms with van der Waals surface area (Å²) in [7, 11) is 1.59. The highest BCUT2D eigenvalue weighted by Crippen LogP contribution is 2.16. The van der Waals surface area contributed by atoms with E-state index in [1.165, 1.54) is 0 Å². The SMILES string of the molecule is CNC(=O)c1cccc(OCc2cn(-c3ccc(Cl)cc3)nn2)c1. The van der Waals surface area contributed by atoms with Crippen molar-refractivity contribution in [1.82, 2.24) is 20.3 Å². The standard InChI is InChI=1S/C17H15ClN4O2/c1-19-17(23)12-3-2-4-16(9-12)24-11-14-10-22(21-20-14)15-7-5-13(18)6-8-15/h2-10H,11H2,1H3,(H,19,23). The summed E-state index contributed by atoms with van der Waals surface area (Å²) in [5.74, 6) is 0.436. The number of carbonyl (C=O) groups is 1. The number of rotatable bonds is 5. The smallest absolute Gasteiger partial charge is 0.251 e. The Morgan fingerprint density at radius 1 is 1.25 bits per heavy atom. The Morgan fingerprint density at radius 2 is 2.04 bits per heavy atom. The Morgan fingerprint density at radius 3 is 2.79 bits per heavy atom. The number of hydrogen-bond donors (Lipinski definition) is 1. The molecule has 7 heteroatoms. The van der Waals surface area contributed by atoms with Crippen LogP contribution in [-0.4, -0.2) is 27.9 Å². The fraction of sp³-hybridized carbons (Fsp3) is 0.118. The molecule has 24 heavy (non-hydrogen) atoms. The average Bonchev–Trinajstić information content (AvgIpc) is 3.09. The lowest BCUT2D eigenvalue weighted by Crippen LogP contribution is -2.17. The second-order valence-electron chi connectivity index (χ2n) is 5.03. The van der Waals surface area contributed by atoms with Gasteiger partial charge < -0.3 is 10.1 Å². The topological polar surface area (TPSA) is 69.0 Å². The van der Waals surface area contributed by atoms with Crippen molar-refractivity contribution in [3.05, 3.63) is 71.0 Å². The van der Waals surface area contributed by atoms with Gasteiger partial charge in [-0.1, -0.05) is 22.9 Å². The average molecular weight is 343 g/mol. The van der Waals surface area contributed by atoms with Crippen LogP contribution in [0.2, 0.25) is 5.02 Å². The van der Waals surface area contributed by atoms with E-state index >= 15 is 0 Å². The Kier molecular flexibility index (Phi) is 4.77. The molecule has 1 amide bonds. The van der Waals surface area contributed by atoms with Crippen molar-refractivity contribution in [2.45, 2.75) is 6.61 Å². The molecule has 0 unspecified atom stereocenters. The predicted octanol–water partition coefficient (Wildman–Crippen LogP) is 2.86. The molecule has 0 spiro atoms. The van der Waals surface area contributed by atoms with Crippen molar-refractivity contribution in [3.8, 4) is 11.4 Å². The Balaban J connectivity index is 1.67. The van der Waals surface area contributed by atoms with Gasteiger partial charge in [0.25, 0.3) is 5.91 Å². The molecular formula is C17H15ClN4O2. The number of ether oxygens (including phenoxy) is 1. The first-order valence-corrected chi connectivity index (χ1v) is 7.65. The Hall–Kier alpha value is -2.86. The van der Waals surface area contributed by atoms with Crippen LogP contribution < -0.4 is 10.1 Å². The molecule has 0 atom stereocenters. The third-order valence-electron chi connectivity index (χ3n) is 3.34. The highest BCUT2D eigenvalue weighted by atomic mass is 35.5. The summed E-state index contributed by atoms with van der Waals surface area (Å²) in [6.07, 6.45) is 1.78. The zero-order valence-corrected chi connectivity index (χ0v) is 13.7. The summed E-state index contributed by atoms with van der Waals surface area (Å²) in [5.41, 5.74) is 2.08. The molecule has 0 aliphatic rings. The number of nitrogens with zero attached hydrogens (tertiary/aromatic N) is 3. The fourth-order valence-electron chi connectivity index (χ4n) is 2.11. The van der Waals surface area contributed by atoms with E-state index in [4.69, 9.17) is 16.3 Å². The first-order chi connectivity index (χ1) is 11.7. The van der Waals surface area contributed by atoms with E-state index in [1.54, 1.807) is 54.3 Å². The van der Waals surface area contributed by atoms with Gasteiger partial charge in [0, 0.05) is 17.6 Å². The van der Waals surface area contributed by atoms with Crippen molar-refractivity contribution in [3.63, 3.8) is 0 Å². The molecular weight excluding hydrogens is 328 g/mol. The molecule has 2 aromatic carbocycles. The molecule has 3 rings (SSSR count). The van der Waals surface area contributed by atoms with Gasteiger partial charge in [-0.05, 0) is 42.5 Å². The normalized spacial score (nSPS) is 10.4. The second-order valence-corrected chi connectivity index (χ2v) is 5.46. The maximum absolute atomic E-state index is 11.6. The van der Waals surface area contributed by atoms with Gasteiger partial charge in [0.1, 0.15) is 18.1 Å². The number of benzene rings is 2. The van der Waals surface area contributed by atoms with E-state index in [2.05, 4.69) is 15.6 Å². The van der Waals surface area contributed by atoms with Crippen molar-refractivity contribution in [2.24, 2.45) is 0 Å². The highest BCUT2D eigenvalue weighted by molar-refractivity contribution is 6.30. The first kappa shape index (κ1) is 16.0. The molecule has 1 heterocycles. The van der Waals surface area contributed by atoms with Crippen LogP contribution in [0.25, 0.3) is 5.69 Å². The fourth-order valence-corrected chi connectivity index (χ4v) is 2.24. The van der Waals surface area contributed by atoms with Gasteiger partial charge in [0.2, 0.25) is 0 Å². The maximum atomic E-state index is 11.6. The molecule has 1 N–H and O–H groups in total. The van der Waals surface area contributed by atoms with Crippen LogP contribution in [0.3, 0.4) is 0 Å². The van der Waals surface area contributed by atoms with Gasteiger partial charge >= 0.3 is 0 Å². The monoisotopic (exact) mass is 342 g/mol. The first-order valence-electron chi connectivity index (χ1n) is 7.28. The minimum Gasteiger partial charge on any atom is -0.487 e. The molecule has 0 aliphatic heterocycles. The quantitative estimate of drug-likeness (QED) is 0.774. The number of hydrogen-bond acceptors (Lipinski definition) is 4. The third kappa shape index (κ3) is 3.72. The molecule has 0 saturated carbocycles. The van der Waals surface area contributed by atoms with Gasteiger partial charge in [-0.2, -0.15) is 0 Å². The van der Waals surface area contributed by atoms with E-state index in [9.17, 15) is 4.79 Å². The van der Waals surface area contributed by atoms with Crippen molar-refractivity contribution in [1.29, 1.82) is 0 Å². The summed E-state index contributed by atoms with van der Waals surface area (Å²) in [4.78, 5) is 11.6. The number of carbonyl (C=O) groups excluding carboxylic acids is 1. The van der Waals surface area contributed by atoms with Gasteiger partial charge in [-0.15, -0.1) is 5.10 Å². The summed E-state index contributed by atoms with van der Waals surface area (Å²) in [5, 5.41) is 11.4. The second kappa shape index (κ2) is 7.14. The Labute approximate surface area is 144 Å². The van der Waals surface area contributed by atoms with Crippen LogP contribution in [0.4, 0.5) is 0 Å². The van der Waals surface area contributed by atoms with Crippen LogP contribution in [0, 0.1) is 0 Å². The summed E-state index contributed by atoms with van der Waals surface area (Å²) in [6.45, 7) is 0.255. The molecule has 0 aliphatic carbocycles. The van der Waals surface area contributed by atoms with Crippen LogP contribution in [0.5, 0.6) is 5.75 Å². The van der Waals surface area contributed by atoms with Gasteiger partial charge in [-0.25, -0.2) is 4.68 Å². The third-order valence-corrected chi connectivity index (χ3v) is 3.59. The summed E-state index contributed by atoms with van der Waals surface area (Å²) < 4.78 is 7.33. The Bertz CT molecular complexity index is 846. The molecule has 0 radical (unpaired) electrons. The van der Waals surface area contributed by atoms with Gasteiger partial charge in [0.15, 0.2) is 0 Å². The zero-order valence-electron chi connectivity index (χ0n) is 12.9. The summed E-state index contributed by atoms with van der Waals surface area (Å²) >= 11 is 5.87. The molecule has 122 valence electrons. The number of aromatic nitrogens is 3. The molecule has 3 aromatic rings. The minimum absolute atomic E-state index is 0.158. The molecule has 0 bridgehead atoms. The van der Waals surface area contributed by atoms with Crippen LogP contribution in [0.15, 0.2) is 54.7 Å². The zero-order chi connectivity index (χ0) is 16.9. The number of amides is 1. The van der Waals surface area contributed by atoms with Crippen molar-refractivity contribution >= 4 is 17.5 Å². The molecule has 6 nitrogen and oxygen atoms in total. The van der Waals surface area contributed by atoms with E-state index in [0.29, 0.717) is 22.0 Å². The minimum atomic E-state index is -0.158. The summed E-state index contributed by atoms with van der Waals surface area (Å²) in [6, 6.07) is 14.3. The predicted molar refractivity (Wildman–Crippen MR) is 90.5 cm³/mol. The van der Waals surface area contributed by atoms with Crippen LogP contribution in [0.1, 0.15) is 16.1 Å². The van der Waals surface area contributed by atoms with Gasteiger partial charge in [-0.3, -0.25) is 4.79 Å². The lowest BCUT2D eigenvalue weighted by atomic mass is 10.2. The molecule has 0 fully saturated rings. The van der Waals surface area contributed by atoms with Gasteiger partial charge in [0.05, 0.1) is 11.9 Å². The molecule has 1 aromatic heterocycles. The van der Waals surface area contributed by atoms with Crippen molar-refractivity contribution in [2.75, 3.05) is 7.05 Å². The lowest BCUT2D eigenvalue weighted by Gasteiger charge is -2.05. The van der Waals surface area contributed by atoms with E-state index < -0.39 is 0 Å². The highest BCUT2D eigenvalue weighted by Gasteiger charge is 2.07. The lowest BCUT2D eigenvalue weighted by molar-refractivity contribution is 0.0962. The van der Waals surface area contributed by atoms with E-state index in [1.807, 2.05) is 12.1 Å². The van der Waals surface area contributed by atoms with Crippen LogP contribution >= 0.6 is 11.6 Å². The largest absolute Gasteiger partial charge is 0.487 e. The number of halogens is 1. The van der Waals surface area contributed by atoms with Crippen LogP contribution in [-0.2, 0) is 6.61 Å². The van der Waals surface area contributed by atoms with E-state index in [0.717, 1.165) is 5.69 Å². The van der Waals surface area contributed by atoms with Crippen molar-refractivity contribution < 1.29 is 9.53 Å². The number of nitrogens with one attached hydrogen (secondary N) is 1. The van der Waals surface area contributed by atoms with E-state index in [-0.39, 0.29) is 12.5 Å². The maximum Gasteiger partial charge on any atom is 0.251 e.